The molecule has 0 bridgehead atoms. The number of rotatable bonds is 2. The van der Waals surface area contributed by atoms with Crippen molar-refractivity contribution in [1.82, 2.24) is 0 Å². The zero-order valence-corrected chi connectivity index (χ0v) is 12.2. The first-order valence-electron chi connectivity index (χ1n) is 5.93. The topological polar surface area (TPSA) is 41.5 Å². The predicted molar refractivity (Wildman–Crippen MR) is 84.6 cm³/mol. The van der Waals surface area contributed by atoms with Crippen LogP contribution in [0, 0.1) is 3.57 Å². The van der Waals surface area contributed by atoms with Gasteiger partial charge in [-0.15, -0.1) is 0 Å². The Balaban J connectivity index is 2.03. The number of fused-ring (bicyclic) bond motifs is 1. The van der Waals surface area contributed by atoms with E-state index in [9.17, 15) is 4.79 Å². The minimum absolute atomic E-state index is 0.424. The van der Waals surface area contributed by atoms with E-state index in [1.54, 1.807) is 0 Å². The molecule has 1 aliphatic heterocycles. The van der Waals surface area contributed by atoms with Gasteiger partial charge in [0.25, 0.3) is 0 Å². The van der Waals surface area contributed by atoms with Gasteiger partial charge in [-0.2, -0.15) is 0 Å². The summed E-state index contributed by atoms with van der Waals surface area (Å²) in [5.41, 5.74) is 2.86. The van der Waals surface area contributed by atoms with Crippen molar-refractivity contribution in [2.75, 3.05) is 5.32 Å². The number of carbonyl (C=O) groups excluding carboxylic acids is 1. The SMILES string of the molecule is O=CC1N=C(c2ccc(I)cc2)Nc2ccccc21. The molecule has 0 saturated carbocycles. The number of nitrogens with zero attached hydrogens (tertiary/aromatic N) is 1. The van der Waals surface area contributed by atoms with Crippen LogP contribution in [0.2, 0.25) is 0 Å². The first kappa shape index (κ1) is 12.3. The fourth-order valence-corrected chi connectivity index (χ4v) is 2.45. The lowest BCUT2D eigenvalue weighted by atomic mass is 10.0. The van der Waals surface area contributed by atoms with Gasteiger partial charge in [0.05, 0.1) is 0 Å². The molecule has 0 aromatic heterocycles. The second kappa shape index (κ2) is 5.13. The van der Waals surface area contributed by atoms with Crippen LogP contribution in [0.25, 0.3) is 0 Å². The first-order valence-corrected chi connectivity index (χ1v) is 7.01. The molecule has 94 valence electrons. The third kappa shape index (κ3) is 2.40. The minimum atomic E-state index is -0.424. The number of anilines is 1. The summed E-state index contributed by atoms with van der Waals surface area (Å²) in [6.45, 7) is 0. The van der Waals surface area contributed by atoms with Crippen molar-refractivity contribution < 1.29 is 4.79 Å². The second-order valence-corrected chi connectivity index (χ2v) is 5.52. The Morgan fingerprint density at radius 2 is 1.84 bits per heavy atom. The summed E-state index contributed by atoms with van der Waals surface area (Å²) in [5, 5.41) is 3.29. The van der Waals surface area contributed by atoms with Crippen LogP contribution in [-0.2, 0) is 4.79 Å². The minimum Gasteiger partial charge on any atom is -0.340 e. The molecule has 0 saturated heterocycles. The molecule has 0 spiro atoms. The molecule has 3 rings (SSSR count). The van der Waals surface area contributed by atoms with Crippen LogP contribution in [0.15, 0.2) is 53.5 Å². The molecule has 1 unspecified atom stereocenters. The average Bonchev–Trinajstić information content (AvgIpc) is 2.47. The molecule has 0 fully saturated rings. The molecule has 4 heteroatoms. The normalized spacial score (nSPS) is 17.1. The van der Waals surface area contributed by atoms with Crippen molar-refractivity contribution in [2.24, 2.45) is 4.99 Å². The maximum absolute atomic E-state index is 11.2. The average molecular weight is 362 g/mol. The van der Waals surface area contributed by atoms with Gasteiger partial charge in [0.2, 0.25) is 0 Å². The van der Waals surface area contributed by atoms with E-state index in [0.29, 0.717) is 0 Å². The first-order chi connectivity index (χ1) is 9.28. The van der Waals surface area contributed by atoms with Gasteiger partial charge in [-0.25, -0.2) is 0 Å². The van der Waals surface area contributed by atoms with Gasteiger partial charge in [-0.05, 0) is 40.8 Å². The smallest absolute Gasteiger partial charge is 0.149 e. The molecule has 0 radical (unpaired) electrons. The molecular formula is C15H11IN2O. The number of amidine groups is 1. The molecule has 1 atom stereocenters. The Morgan fingerprint density at radius 1 is 1.11 bits per heavy atom. The van der Waals surface area contributed by atoms with E-state index in [1.807, 2.05) is 48.5 Å². The van der Waals surface area contributed by atoms with Crippen molar-refractivity contribution >= 4 is 40.4 Å². The second-order valence-electron chi connectivity index (χ2n) is 4.28. The molecule has 0 amide bonds. The molecule has 2 aromatic carbocycles. The number of nitrogens with one attached hydrogen (secondary N) is 1. The maximum atomic E-state index is 11.2. The number of aldehydes is 1. The van der Waals surface area contributed by atoms with Crippen LogP contribution in [-0.4, -0.2) is 12.1 Å². The summed E-state index contributed by atoms with van der Waals surface area (Å²) >= 11 is 2.26. The Morgan fingerprint density at radius 3 is 2.58 bits per heavy atom. The summed E-state index contributed by atoms with van der Waals surface area (Å²) in [6.07, 6.45) is 0.881. The molecule has 0 aliphatic carbocycles. The van der Waals surface area contributed by atoms with Gasteiger partial charge >= 0.3 is 0 Å². The van der Waals surface area contributed by atoms with E-state index >= 15 is 0 Å². The predicted octanol–water partition coefficient (Wildman–Crippen LogP) is 3.40. The highest BCUT2D eigenvalue weighted by Crippen LogP contribution is 2.29. The van der Waals surface area contributed by atoms with E-state index in [0.717, 1.165) is 28.9 Å². The third-order valence-corrected chi connectivity index (χ3v) is 3.77. The molecule has 1 aliphatic rings. The Hall–Kier alpha value is -1.69. The van der Waals surface area contributed by atoms with Gasteiger partial charge in [0, 0.05) is 20.4 Å². The van der Waals surface area contributed by atoms with E-state index < -0.39 is 6.04 Å². The fourth-order valence-electron chi connectivity index (χ4n) is 2.10. The standard InChI is InChI=1S/C15H11IN2O/c16-11-7-5-10(6-8-11)15-17-13-4-2-1-3-12(13)14(9-19)18-15/h1-9,14H,(H,17,18). The highest BCUT2D eigenvalue weighted by molar-refractivity contribution is 14.1. The number of para-hydroxylation sites is 1. The quantitative estimate of drug-likeness (QED) is 0.657. The van der Waals surface area contributed by atoms with Crippen molar-refractivity contribution in [3.63, 3.8) is 0 Å². The largest absolute Gasteiger partial charge is 0.340 e. The van der Waals surface area contributed by atoms with Gasteiger partial charge in [-0.1, -0.05) is 30.3 Å². The number of benzene rings is 2. The third-order valence-electron chi connectivity index (χ3n) is 3.05. The molecule has 1 heterocycles. The van der Waals surface area contributed by atoms with E-state index in [-0.39, 0.29) is 0 Å². The van der Waals surface area contributed by atoms with Gasteiger partial charge in [0.15, 0.2) is 0 Å². The summed E-state index contributed by atoms with van der Waals surface area (Å²) in [6, 6.07) is 15.4. The lowest BCUT2D eigenvalue weighted by Gasteiger charge is -2.22. The van der Waals surface area contributed by atoms with Gasteiger partial charge in [-0.3, -0.25) is 4.99 Å². The van der Waals surface area contributed by atoms with E-state index in [4.69, 9.17) is 0 Å². The molecule has 3 nitrogen and oxygen atoms in total. The molecule has 2 aromatic rings. The Labute approximate surface area is 124 Å². The highest BCUT2D eigenvalue weighted by Gasteiger charge is 2.20. The summed E-state index contributed by atoms with van der Waals surface area (Å²) < 4.78 is 1.17. The zero-order valence-electron chi connectivity index (χ0n) is 10.0. The fraction of sp³-hybridized carbons (Fsp3) is 0.0667. The number of hydrogen-bond donors (Lipinski definition) is 1. The summed E-state index contributed by atoms with van der Waals surface area (Å²) in [4.78, 5) is 15.7. The van der Waals surface area contributed by atoms with Crippen molar-refractivity contribution in [3.8, 4) is 0 Å². The lowest BCUT2D eigenvalue weighted by Crippen LogP contribution is -2.22. The molecule has 1 N–H and O–H groups in total. The molecular weight excluding hydrogens is 351 g/mol. The monoisotopic (exact) mass is 362 g/mol. The van der Waals surface area contributed by atoms with Crippen LogP contribution < -0.4 is 5.32 Å². The van der Waals surface area contributed by atoms with Crippen LogP contribution in [0.1, 0.15) is 17.2 Å². The maximum Gasteiger partial charge on any atom is 0.149 e. The lowest BCUT2D eigenvalue weighted by molar-refractivity contribution is -0.108. The number of halogens is 1. The molecule has 19 heavy (non-hydrogen) atoms. The van der Waals surface area contributed by atoms with Gasteiger partial charge in [0.1, 0.15) is 18.2 Å². The van der Waals surface area contributed by atoms with E-state index in [1.165, 1.54) is 3.57 Å². The number of carbonyl (C=O) groups is 1. The van der Waals surface area contributed by atoms with Crippen molar-refractivity contribution in [1.29, 1.82) is 0 Å². The van der Waals surface area contributed by atoms with Crippen LogP contribution in [0.4, 0.5) is 5.69 Å². The Bertz CT molecular complexity index is 649. The highest BCUT2D eigenvalue weighted by atomic mass is 127. The number of hydrogen-bond acceptors (Lipinski definition) is 3. The van der Waals surface area contributed by atoms with Crippen LogP contribution in [0.5, 0.6) is 0 Å². The van der Waals surface area contributed by atoms with Crippen LogP contribution in [0.3, 0.4) is 0 Å². The number of aliphatic imine (C=N–C) groups is 1. The summed E-state index contributed by atoms with van der Waals surface area (Å²) in [5.74, 6) is 0.743. The van der Waals surface area contributed by atoms with Crippen molar-refractivity contribution in [3.05, 3.63) is 63.2 Å². The zero-order chi connectivity index (χ0) is 13.2. The van der Waals surface area contributed by atoms with Crippen LogP contribution >= 0.6 is 22.6 Å². The Kier molecular flexibility index (Phi) is 3.33. The van der Waals surface area contributed by atoms with Crippen molar-refractivity contribution in [2.45, 2.75) is 6.04 Å². The summed E-state index contributed by atoms with van der Waals surface area (Å²) in [7, 11) is 0. The van der Waals surface area contributed by atoms with E-state index in [2.05, 4.69) is 32.9 Å². The van der Waals surface area contributed by atoms with Gasteiger partial charge < -0.3 is 10.1 Å².